The van der Waals surface area contributed by atoms with E-state index in [1.54, 1.807) is 11.8 Å². The molecule has 5 heteroatoms. The number of hydrogen-bond acceptors (Lipinski definition) is 3. The van der Waals surface area contributed by atoms with E-state index in [4.69, 9.17) is 10.5 Å². The highest BCUT2D eigenvalue weighted by Crippen LogP contribution is 2.24. The number of carbonyl (C=O) groups excluding carboxylic acids is 2. The van der Waals surface area contributed by atoms with Crippen molar-refractivity contribution in [3.05, 3.63) is 0 Å². The van der Waals surface area contributed by atoms with Gasteiger partial charge in [-0.15, -0.1) is 0 Å². The third kappa shape index (κ3) is 3.20. The quantitative estimate of drug-likeness (QED) is 0.734. The third-order valence-corrected chi connectivity index (χ3v) is 3.08. The van der Waals surface area contributed by atoms with Gasteiger partial charge < -0.3 is 15.4 Å². The number of primary amides is 1. The van der Waals surface area contributed by atoms with Gasteiger partial charge in [0.1, 0.15) is 6.10 Å². The molecule has 0 spiro atoms. The molecule has 1 saturated carbocycles. The number of rotatable bonds is 5. The second-order valence-electron chi connectivity index (χ2n) is 4.25. The number of nitrogens with two attached hydrogens (primary N) is 1. The van der Waals surface area contributed by atoms with Crippen molar-refractivity contribution in [2.24, 2.45) is 5.73 Å². The average molecular weight is 228 g/mol. The topological polar surface area (TPSA) is 72.6 Å². The molecular weight excluding hydrogens is 208 g/mol. The molecule has 0 aromatic heterocycles. The Balaban J connectivity index is 2.69. The first-order valence-corrected chi connectivity index (χ1v) is 5.67. The van der Waals surface area contributed by atoms with Gasteiger partial charge in [0, 0.05) is 13.2 Å². The maximum Gasteiger partial charge on any atom is 0.252 e. The van der Waals surface area contributed by atoms with Crippen molar-refractivity contribution in [2.45, 2.75) is 44.8 Å². The van der Waals surface area contributed by atoms with Crippen LogP contribution in [-0.4, -0.2) is 42.5 Å². The number of methoxy groups -OCH3 is 1. The van der Waals surface area contributed by atoms with E-state index in [0.29, 0.717) is 0 Å². The molecule has 2 N–H and O–H groups in total. The molecule has 1 aliphatic carbocycles. The van der Waals surface area contributed by atoms with Crippen molar-refractivity contribution in [1.29, 1.82) is 0 Å². The van der Waals surface area contributed by atoms with Crippen LogP contribution in [0, 0.1) is 0 Å². The fourth-order valence-corrected chi connectivity index (χ4v) is 2.11. The van der Waals surface area contributed by atoms with Crippen LogP contribution in [0.4, 0.5) is 0 Å². The summed E-state index contributed by atoms with van der Waals surface area (Å²) in [5, 5.41) is 0. The van der Waals surface area contributed by atoms with Gasteiger partial charge >= 0.3 is 0 Å². The largest absolute Gasteiger partial charge is 0.372 e. The Labute approximate surface area is 95.9 Å². The second-order valence-corrected chi connectivity index (χ2v) is 4.25. The molecule has 2 amide bonds. The minimum absolute atomic E-state index is 0.00278. The van der Waals surface area contributed by atoms with E-state index in [2.05, 4.69) is 0 Å². The molecular formula is C11H20N2O3. The Morgan fingerprint density at radius 2 is 2.00 bits per heavy atom. The fourth-order valence-electron chi connectivity index (χ4n) is 2.11. The van der Waals surface area contributed by atoms with Crippen LogP contribution in [0.1, 0.15) is 32.6 Å². The highest BCUT2D eigenvalue weighted by atomic mass is 16.5. The highest BCUT2D eigenvalue weighted by molar-refractivity contribution is 5.86. The molecule has 0 aliphatic heterocycles. The number of ether oxygens (including phenoxy) is 1. The molecule has 1 rings (SSSR count). The standard InChI is InChI=1S/C11H20N2O3/c1-8(16-2)11(15)13(7-10(12)14)9-5-3-4-6-9/h8-9H,3-7H2,1-2H3,(H2,12,14). The molecule has 0 aromatic carbocycles. The van der Waals surface area contributed by atoms with Crippen LogP contribution in [0.25, 0.3) is 0 Å². The molecule has 92 valence electrons. The second kappa shape index (κ2) is 5.84. The summed E-state index contributed by atoms with van der Waals surface area (Å²) in [7, 11) is 1.49. The van der Waals surface area contributed by atoms with Gasteiger partial charge in [0.05, 0.1) is 6.54 Å². The van der Waals surface area contributed by atoms with Crippen molar-refractivity contribution < 1.29 is 14.3 Å². The fraction of sp³-hybridized carbons (Fsp3) is 0.818. The van der Waals surface area contributed by atoms with E-state index >= 15 is 0 Å². The molecule has 0 saturated heterocycles. The Morgan fingerprint density at radius 1 is 1.44 bits per heavy atom. The summed E-state index contributed by atoms with van der Waals surface area (Å²) in [4.78, 5) is 24.5. The maximum absolute atomic E-state index is 12.0. The summed E-state index contributed by atoms with van der Waals surface area (Å²) >= 11 is 0. The van der Waals surface area contributed by atoms with Crippen LogP contribution in [0.3, 0.4) is 0 Å². The van der Waals surface area contributed by atoms with Crippen molar-refractivity contribution in [3.63, 3.8) is 0 Å². The lowest BCUT2D eigenvalue weighted by atomic mass is 10.2. The molecule has 16 heavy (non-hydrogen) atoms. The molecule has 1 unspecified atom stereocenters. The normalized spacial score (nSPS) is 18.4. The van der Waals surface area contributed by atoms with E-state index in [9.17, 15) is 9.59 Å². The first-order chi connectivity index (χ1) is 7.56. The minimum atomic E-state index is -0.514. The van der Waals surface area contributed by atoms with Crippen LogP contribution in [0.15, 0.2) is 0 Å². The number of hydrogen-bond donors (Lipinski definition) is 1. The lowest BCUT2D eigenvalue weighted by Gasteiger charge is -2.29. The first-order valence-electron chi connectivity index (χ1n) is 5.67. The number of nitrogens with zero attached hydrogens (tertiary/aromatic N) is 1. The van der Waals surface area contributed by atoms with Gasteiger partial charge in [-0.2, -0.15) is 0 Å². The van der Waals surface area contributed by atoms with E-state index in [1.165, 1.54) is 7.11 Å². The molecule has 0 radical (unpaired) electrons. The molecule has 0 aromatic rings. The summed E-state index contributed by atoms with van der Waals surface area (Å²) in [6.45, 7) is 1.68. The summed E-state index contributed by atoms with van der Waals surface area (Å²) < 4.78 is 4.99. The van der Waals surface area contributed by atoms with E-state index in [-0.39, 0.29) is 18.5 Å². The van der Waals surface area contributed by atoms with Crippen LogP contribution < -0.4 is 5.73 Å². The Hall–Kier alpha value is -1.10. The van der Waals surface area contributed by atoms with Crippen LogP contribution >= 0.6 is 0 Å². The van der Waals surface area contributed by atoms with E-state index < -0.39 is 12.0 Å². The van der Waals surface area contributed by atoms with Crippen molar-refractivity contribution >= 4 is 11.8 Å². The zero-order chi connectivity index (χ0) is 12.1. The molecule has 5 nitrogen and oxygen atoms in total. The summed E-state index contributed by atoms with van der Waals surface area (Å²) in [5.74, 6) is -0.614. The molecule has 1 atom stereocenters. The smallest absolute Gasteiger partial charge is 0.252 e. The molecule has 0 bridgehead atoms. The zero-order valence-electron chi connectivity index (χ0n) is 9.94. The van der Waals surface area contributed by atoms with E-state index in [0.717, 1.165) is 25.7 Å². The maximum atomic E-state index is 12.0. The lowest BCUT2D eigenvalue weighted by Crippen LogP contribution is -2.48. The lowest BCUT2D eigenvalue weighted by molar-refractivity contribution is -0.145. The predicted molar refractivity (Wildman–Crippen MR) is 59.6 cm³/mol. The monoisotopic (exact) mass is 228 g/mol. The van der Waals surface area contributed by atoms with Gasteiger partial charge in [-0.3, -0.25) is 9.59 Å². The van der Waals surface area contributed by atoms with Gasteiger partial charge in [-0.1, -0.05) is 12.8 Å². The van der Waals surface area contributed by atoms with Crippen molar-refractivity contribution in [1.82, 2.24) is 4.90 Å². The van der Waals surface area contributed by atoms with Crippen LogP contribution in [0.5, 0.6) is 0 Å². The van der Waals surface area contributed by atoms with Crippen LogP contribution in [0.2, 0.25) is 0 Å². The van der Waals surface area contributed by atoms with E-state index in [1.807, 2.05) is 0 Å². The van der Waals surface area contributed by atoms with Crippen molar-refractivity contribution in [2.75, 3.05) is 13.7 Å². The summed E-state index contributed by atoms with van der Waals surface area (Å²) in [6.07, 6.45) is 3.61. The summed E-state index contributed by atoms with van der Waals surface area (Å²) in [5.41, 5.74) is 5.17. The number of carbonyl (C=O) groups is 2. The zero-order valence-corrected chi connectivity index (χ0v) is 9.94. The molecule has 0 heterocycles. The SMILES string of the molecule is COC(C)C(=O)N(CC(N)=O)C1CCCC1. The van der Waals surface area contributed by atoms with Gasteiger partial charge in [-0.25, -0.2) is 0 Å². The molecule has 1 fully saturated rings. The summed E-state index contributed by atoms with van der Waals surface area (Å²) in [6, 6.07) is 0.151. The average Bonchev–Trinajstić information content (AvgIpc) is 2.76. The Bertz CT molecular complexity index is 262. The third-order valence-electron chi connectivity index (χ3n) is 3.08. The predicted octanol–water partition coefficient (Wildman–Crippen LogP) is 0.278. The number of amides is 2. The highest BCUT2D eigenvalue weighted by Gasteiger charge is 2.30. The van der Waals surface area contributed by atoms with Gasteiger partial charge in [-0.05, 0) is 19.8 Å². The van der Waals surface area contributed by atoms with Crippen molar-refractivity contribution in [3.8, 4) is 0 Å². The van der Waals surface area contributed by atoms with Crippen LogP contribution in [-0.2, 0) is 14.3 Å². The van der Waals surface area contributed by atoms with Gasteiger partial charge in [0.2, 0.25) is 5.91 Å². The Morgan fingerprint density at radius 3 is 2.44 bits per heavy atom. The van der Waals surface area contributed by atoms with Gasteiger partial charge in [0.25, 0.3) is 5.91 Å². The first kappa shape index (κ1) is 13.0. The van der Waals surface area contributed by atoms with Gasteiger partial charge in [0.15, 0.2) is 0 Å². The Kier molecular flexibility index (Phi) is 4.73. The molecule has 1 aliphatic rings. The minimum Gasteiger partial charge on any atom is -0.372 e.